The van der Waals surface area contributed by atoms with Gasteiger partial charge in [-0.1, -0.05) is 12.8 Å². The summed E-state index contributed by atoms with van der Waals surface area (Å²) >= 11 is 0. The molecule has 4 N–H and O–H groups in total. The molecule has 1 rings (SSSR count). The lowest BCUT2D eigenvalue weighted by molar-refractivity contribution is 0.283. The molecule has 1 aromatic carbocycles. The number of unbranched alkanes of at least 4 members (excludes halogenated alkanes) is 3. The van der Waals surface area contributed by atoms with Crippen LogP contribution in [0.5, 0.6) is 0 Å². The topological polar surface area (TPSA) is 58.3 Å². The number of aryl methyl sites for hydroxylation is 1. The smallest absolute Gasteiger partial charge is 0.0431 e. The van der Waals surface area contributed by atoms with Crippen molar-refractivity contribution in [1.82, 2.24) is 0 Å². The second kappa shape index (κ2) is 11.5. The number of rotatable bonds is 7. The highest BCUT2D eigenvalue weighted by molar-refractivity contribution is 5.85. The van der Waals surface area contributed by atoms with Gasteiger partial charge in [-0.25, -0.2) is 0 Å². The number of hydrogen-bond donors (Lipinski definition) is 3. The molecule has 18 heavy (non-hydrogen) atoms. The highest BCUT2D eigenvalue weighted by Gasteiger charge is 1.97. The summed E-state index contributed by atoms with van der Waals surface area (Å²) in [5.74, 6) is 0. The number of benzene rings is 1. The van der Waals surface area contributed by atoms with E-state index in [1.807, 2.05) is 18.2 Å². The lowest BCUT2D eigenvalue weighted by atomic mass is 10.1. The van der Waals surface area contributed by atoms with E-state index in [0.717, 1.165) is 37.2 Å². The van der Waals surface area contributed by atoms with Crippen LogP contribution < -0.4 is 11.1 Å². The summed E-state index contributed by atoms with van der Waals surface area (Å²) in [5.41, 5.74) is 8.85. The van der Waals surface area contributed by atoms with Crippen LogP contribution in [0.25, 0.3) is 0 Å². The van der Waals surface area contributed by atoms with Crippen LogP contribution >= 0.6 is 24.8 Å². The molecule has 0 fully saturated rings. The van der Waals surface area contributed by atoms with Crippen LogP contribution in [0.4, 0.5) is 11.4 Å². The van der Waals surface area contributed by atoms with E-state index in [-0.39, 0.29) is 24.8 Å². The summed E-state index contributed by atoms with van der Waals surface area (Å²) in [4.78, 5) is 0. The lowest BCUT2D eigenvalue weighted by Gasteiger charge is -2.09. The molecule has 0 radical (unpaired) electrons. The molecule has 0 spiro atoms. The predicted octanol–water partition coefficient (Wildman–Crippen LogP) is 3.39. The maximum absolute atomic E-state index is 8.64. The number of anilines is 2. The van der Waals surface area contributed by atoms with Crippen molar-refractivity contribution < 1.29 is 5.11 Å². The van der Waals surface area contributed by atoms with Crippen molar-refractivity contribution in [3.63, 3.8) is 0 Å². The Bertz CT molecular complexity index is 322. The Morgan fingerprint density at radius 2 is 1.78 bits per heavy atom. The predicted molar refractivity (Wildman–Crippen MR) is 84.1 cm³/mol. The number of halogens is 2. The Morgan fingerprint density at radius 1 is 1.11 bits per heavy atom. The van der Waals surface area contributed by atoms with Gasteiger partial charge in [0.2, 0.25) is 0 Å². The minimum Gasteiger partial charge on any atom is -0.399 e. The van der Waals surface area contributed by atoms with Gasteiger partial charge in [-0.05, 0) is 43.5 Å². The Kier molecular flexibility index (Phi) is 12.5. The van der Waals surface area contributed by atoms with Crippen LogP contribution in [0.2, 0.25) is 0 Å². The fraction of sp³-hybridized carbons (Fsp3) is 0.538. The largest absolute Gasteiger partial charge is 0.399 e. The Labute approximate surface area is 122 Å². The van der Waals surface area contributed by atoms with Gasteiger partial charge in [0.05, 0.1) is 0 Å². The molecule has 0 bridgehead atoms. The third kappa shape index (κ3) is 7.64. The van der Waals surface area contributed by atoms with E-state index in [0.29, 0.717) is 6.61 Å². The molecule has 0 atom stereocenters. The van der Waals surface area contributed by atoms with Crippen molar-refractivity contribution >= 4 is 36.2 Å². The molecule has 1 aromatic rings. The molecule has 0 unspecified atom stereocenters. The Morgan fingerprint density at radius 3 is 2.39 bits per heavy atom. The molecule has 0 heterocycles. The summed E-state index contributed by atoms with van der Waals surface area (Å²) in [6.07, 6.45) is 4.34. The van der Waals surface area contributed by atoms with E-state index in [2.05, 4.69) is 12.2 Å². The van der Waals surface area contributed by atoms with Gasteiger partial charge in [0.15, 0.2) is 0 Å². The molecule has 0 aliphatic rings. The van der Waals surface area contributed by atoms with Gasteiger partial charge in [0.25, 0.3) is 0 Å². The number of nitrogen functional groups attached to an aromatic ring is 1. The standard InChI is InChI=1S/C13H22N2O.2ClH/c1-11-10-12(14)6-7-13(11)15-8-4-2-3-5-9-16;;/h6-7,10,15-16H,2-5,8-9,14H2,1H3;2*1H. The van der Waals surface area contributed by atoms with Crippen LogP contribution in [0.15, 0.2) is 18.2 Å². The summed E-state index contributed by atoms with van der Waals surface area (Å²) in [7, 11) is 0. The first-order valence-corrected chi connectivity index (χ1v) is 5.95. The third-order valence-electron chi connectivity index (χ3n) is 2.65. The van der Waals surface area contributed by atoms with E-state index in [1.165, 1.54) is 12.0 Å². The second-order valence-electron chi connectivity index (χ2n) is 4.14. The molecular weight excluding hydrogens is 271 g/mol. The fourth-order valence-corrected chi connectivity index (χ4v) is 1.70. The van der Waals surface area contributed by atoms with Gasteiger partial charge in [0.1, 0.15) is 0 Å². The molecule has 0 aromatic heterocycles. The summed E-state index contributed by atoms with van der Waals surface area (Å²) in [6, 6.07) is 5.92. The van der Waals surface area contributed by atoms with E-state index >= 15 is 0 Å². The molecule has 0 aliphatic heterocycles. The highest BCUT2D eigenvalue weighted by Crippen LogP contribution is 2.17. The first-order valence-electron chi connectivity index (χ1n) is 5.95. The zero-order valence-electron chi connectivity index (χ0n) is 10.8. The van der Waals surface area contributed by atoms with E-state index < -0.39 is 0 Å². The number of aliphatic hydroxyl groups excluding tert-OH is 1. The average Bonchev–Trinajstić information content (AvgIpc) is 2.26. The van der Waals surface area contributed by atoms with Crippen molar-refractivity contribution in [3.8, 4) is 0 Å². The molecule has 0 aliphatic carbocycles. The third-order valence-corrected chi connectivity index (χ3v) is 2.65. The van der Waals surface area contributed by atoms with Crippen molar-refractivity contribution in [2.24, 2.45) is 0 Å². The molecule has 5 heteroatoms. The van der Waals surface area contributed by atoms with E-state index in [4.69, 9.17) is 10.8 Å². The van der Waals surface area contributed by atoms with Gasteiger partial charge in [-0.3, -0.25) is 0 Å². The number of nitrogens with two attached hydrogens (primary N) is 1. The van der Waals surface area contributed by atoms with Gasteiger partial charge in [-0.15, -0.1) is 24.8 Å². The molecule has 3 nitrogen and oxygen atoms in total. The van der Waals surface area contributed by atoms with Crippen molar-refractivity contribution in [3.05, 3.63) is 23.8 Å². The zero-order valence-corrected chi connectivity index (χ0v) is 12.4. The van der Waals surface area contributed by atoms with Gasteiger partial charge >= 0.3 is 0 Å². The molecular formula is C13H24Cl2N2O. The highest BCUT2D eigenvalue weighted by atomic mass is 35.5. The van der Waals surface area contributed by atoms with E-state index in [9.17, 15) is 0 Å². The van der Waals surface area contributed by atoms with Gasteiger partial charge < -0.3 is 16.2 Å². The first-order chi connectivity index (χ1) is 7.74. The molecule has 0 amide bonds. The normalized spacial score (nSPS) is 9.22. The van der Waals surface area contributed by atoms with Crippen LogP contribution in [-0.4, -0.2) is 18.3 Å². The molecule has 0 saturated heterocycles. The van der Waals surface area contributed by atoms with Crippen LogP contribution in [-0.2, 0) is 0 Å². The maximum Gasteiger partial charge on any atom is 0.0431 e. The lowest BCUT2D eigenvalue weighted by Crippen LogP contribution is -2.03. The number of aliphatic hydroxyl groups is 1. The summed E-state index contributed by atoms with van der Waals surface area (Å²) < 4.78 is 0. The monoisotopic (exact) mass is 294 g/mol. The number of nitrogens with one attached hydrogen (secondary N) is 1. The zero-order chi connectivity index (χ0) is 11.8. The quantitative estimate of drug-likeness (QED) is 0.534. The van der Waals surface area contributed by atoms with Crippen LogP contribution in [0, 0.1) is 6.92 Å². The Hall–Kier alpha value is -0.640. The maximum atomic E-state index is 8.64. The summed E-state index contributed by atoms with van der Waals surface area (Å²) in [5, 5.41) is 12.0. The second-order valence-corrected chi connectivity index (χ2v) is 4.14. The van der Waals surface area contributed by atoms with Gasteiger partial charge in [-0.2, -0.15) is 0 Å². The van der Waals surface area contributed by atoms with Crippen LogP contribution in [0.1, 0.15) is 31.2 Å². The van der Waals surface area contributed by atoms with Crippen molar-refractivity contribution in [1.29, 1.82) is 0 Å². The summed E-state index contributed by atoms with van der Waals surface area (Å²) in [6.45, 7) is 3.35. The molecule has 106 valence electrons. The van der Waals surface area contributed by atoms with Crippen molar-refractivity contribution in [2.75, 3.05) is 24.2 Å². The first kappa shape index (κ1) is 19.7. The molecule has 0 saturated carbocycles. The van der Waals surface area contributed by atoms with Crippen molar-refractivity contribution in [2.45, 2.75) is 32.6 Å². The fourth-order valence-electron chi connectivity index (χ4n) is 1.70. The van der Waals surface area contributed by atoms with Gasteiger partial charge in [0, 0.05) is 24.5 Å². The SMILES string of the molecule is Cc1cc(N)ccc1NCCCCCCO.Cl.Cl. The van der Waals surface area contributed by atoms with Crippen LogP contribution in [0.3, 0.4) is 0 Å². The van der Waals surface area contributed by atoms with E-state index in [1.54, 1.807) is 0 Å². The number of hydrogen-bond acceptors (Lipinski definition) is 3. The Balaban J connectivity index is 0. The average molecular weight is 295 g/mol. The minimum atomic E-state index is 0. The minimum absolute atomic E-state index is 0.